The van der Waals surface area contributed by atoms with Crippen LogP contribution in [-0.2, 0) is 17.9 Å². The number of halogens is 1. The molecule has 1 aliphatic heterocycles. The minimum Gasteiger partial charge on any atom is -0.481 e. The molecule has 1 atom stereocenters. The summed E-state index contributed by atoms with van der Waals surface area (Å²) in [5.74, 6) is 0.553. The molecule has 5 heteroatoms. The van der Waals surface area contributed by atoms with Crippen molar-refractivity contribution < 1.29 is 9.53 Å². The van der Waals surface area contributed by atoms with E-state index in [0.717, 1.165) is 30.8 Å². The molecular weight excluding hydrogens is 360 g/mol. The van der Waals surface area contributed by atoms with Gasteiger partial charge in [0.15, 0.2) is 6.10 Å². The SMILES string of the molecule is Cc1cc(Cl)ccc1OC(C)C(=O)NCc1ccccc1CN1CCCC1. The first kappa shape index (κ1) is 19.7. The lowest BCUT2D eigenvalue weighted by Gasteiger charge is -2.19. The van der Waals surface area contributed by atoms with Crippen molar-refractivity contribution in [2.45, 2.75) is 45.9 Å². The van der Waals surface area contributed by atoms with Gasteiger partial charge in [-0.25, -0.2) is 0 Å². The number of amides is 1. The quantitative estimate of drug-likeness (QED) is 0.770. The van der Waals surface area contributed by atoms with Gasteiger partial charge < -0.3 is 10.1 Å². The Kier molecular flexibility index (Phi) is 6.75. The minimum absolute atomic E-state index is 0.125. The molecule has 1 unspecified atom stereocenters. The van der Waals surface area contributed by atoms with Crippen LogP contribution < -0.4 is 10.1 Å². The van der Waals surface area contributed by atoms with Crippen LogP contribution in [0.4, 0.5) is 0 Å². The maximum atomic E-state index is 12.5. The lowest BCUT2D eigenvalue weighted by molar-refractivity contribution is -0.127. The van der Waals surface area contributed by atoms with E-state index in [9.17, 15) is 4.79 Å². The summed E-state index contributed by atoms with van der Waals surface area (Å²) in [7, 11) is 0. The molecule has 3 rings (SSSR count). The van der Waals surface area contributed by atoms with Crippen LogP contribution in [0.15, 0.2) is 42.5 Å². The molecule has 1 amide bonds. The van der Waals surface area contributed by atoms with Crippen molar-refractivity contribution in [3.05, 3.63) is 64.2 Å². The fourth-order valence-corrected chi connectivity index (χ4v) is 3.61. The molecular formula is C22H27ClN2O2. The number of benzene rings is 2. The number of hydrogen-bond acceptors (Lipinski definition) is 3. The van der Waals surface area contributed by atoms with Crippen LogP contribution in [0.25, 0.3) is 0 Å². The number of carbonyl (C=O) groups is 1. The second-order valence-corrected chi connectivity index (χ2v) is 7.58. The first-order valence-electron chi connectivity index (χ1n) is 9.52. The molecule has 4 nitrogen and oxygen atoms in total. The third-order valence-corrected chi connectivity index (χ3v) is 5.21. The largest absolute Gasteiger partial charge is 0.481 e. The molecule has 1 saturated heterocycles. The first-order valence-corrected chi connectivity index (χ1v) is 9.90. The molecule has 0 spiro atoms. The van der Waals surface area contributed by atoms with Crippen LogP contribution in [0.2, 0.25) is 5.02 Å². The smallest absolute Gasteiger partial charge is 0.261 e. The molecule has 0 saturated carbocycles. The zero-order chi connectivity index (χ0) is 19.2. The minimum atomic E-state index is -0.574. The average Bonchev–Trinajstić information content (AvgIpc) is 3.16. The number of hydrogen-bond donors (Lipinski definition) is 1. The normalized spacial score (nSPS) is 15.5. The van der Waals surface area contributed by atoms with E-state index < -0.39 is 6.10 Å². The molecule has 0 aromatic heterocycles. The predicted octanol–water partition coefficient (Wildman–Crippen LogP) is 4.33. The molecule has 1 fully saturated rings. The van der Waals surface area contributed by atoms with Crippen molar-refractivity contribution in [3.8, 4) is 5.75 Å². The van der Waals surface area contributed by atoms with Gasteiger partial charge in [-0.15, -0.1) is 0 Å². The Balaban J connectivity index is 1.56. The zero-order valence-electron chi connectivity index (χ0n) is 16.0. The molecule has 0 radical (unpaired) electrons. The van der Waals surface area contributed by atoms with Gasteiger partial charge in [0.1, 0.15) is 5.75 Å². The van der Waals surface area contributed by atoms with Crippen LogP contribution in [0.3, 0.4) is 0 Å². The van der Waals surface area contributed by atoms with Crippen LogP contribution in [0.1, 0.15) is 36.5 Å². The van der Waals surface area contributed by atoms with Crippen molar-refractivity contribution in [2.24, 2.45) is 0 Å². The second kappa shape index (κ2) is 9.25. The lowest BCUT2D eigenvalue weighted by Crippen LogP contribution is -2.36. The van der Waals surface area contributed by atoms with E-state index in [4.69, 9.17) is 16.3 Å². The summed E-state index contributed by atoms with van der Waals surface area (Å²) in [5, 5.41) is 3.67. The van der Waals surface area contributed by atoms with Gasteiger partial charge in [-0.05, 0) is 74.7 Å². The Labute approximate surface area is 166 Å². The summed E-state index contributed by atoms with van der Waals surface area (Å²) in [4.78, 5) is 15.0. The Morgan fingerprint density at radius 3 is 2.59 bits per heavy atom. The Morgan fingerprint density at radius 1 is 1.19 bits per heavy atom. The van der Waals surface area contributed by atoms with Gasteiger partial charge in [0.2, 0.25) is 0 Å². The number of rotatable bonds is 7. The molecule has 2 aromatic carbocycles. The number of carbonyl (C=O) groups excluding carboxylic acids is 1. The van der Waals surface area contributed by atoms with E-state index in [-0.39, 0.29) is 5.91 Å². The highest BCUT2D eigenvalue weighted by Crippen LogP contribution is 2.23. The first-order chi connectivity index (χ1) is 13.0. The number of aryl methyl sites for hydroxylation is 1. The zero-order valence-corrected chi connectivity index (χ0v) is 16.8. The molecule has 0 aliphatic carbocycles. The summed E-state index contributed by atoms with van der Waals surface area (Å²) < 4.78 is 5.81. The van der Waals surface area contributed by atoms with Crippen LogP contribution in [0, 0.1) is 6.92 Å². The van der Waals surface area contributed by atoms with Crippen molar-refractivity contribution in [1.82, 2.24) is 10.2 Å². The highest BCUT2D eigenvalue weighted by molar-refractivity contribution is 6.30. The van der Waals surface area contributed by atoms with Gasteiger partial charge in [-0.3, -0.25) is 9.69 Å². The van der Waals surface area contributed by atoms with E-state index in [0.29, 0.717) is 17.3 Å². The summed E-state index contributed by atoms with van der Waals surface area (Å²) in [6, 6.07) is 13.7. The van der Waals surface area contributed by atoms with Crippen LogP contribution in [-0.4, -0.2) is 30.0 Å². The van der Waals surface area contributed by atoms with Gasteiger partial charge in [0.05, 0.1) is 0 Å². The van der Waals surface area contributed by atoms with Crippen molar-refractivity contribution in [1.29, 1.82) is 0 Å². The van der Waals surface area contributed by atoms with Crippen molar-refractivity contribution >= 4 is 17.5 Å². The molecule has 0 bridgehead atoms. The standard InChI is InChI=1S/C22H27ClN2O2/c1-16-13-20(23)9-10-21(16)27-17(2)22(26)24-14-18-7-3-4-8-19(18)15-25-11-5-6-12-25/h3-4,7-10,13,17H,5-6,11-12,14-15H2,1-2H3,(H,24,26). The maximum Gasteiger partial charge on any atom is 0.261 e. The fourth-order valence-electron chi connectivity index (χ4n) is 3.38. The molecule has 27 heavy (non-hydrogen) atoms. The second-order valence-electron chi connectivity index (χ2n) is 7.14. The van der Waals surface area contributed by atoms with Crippen LogP contribution in [0.5, 0.6) is 5.75 Å². The van der Waals surface area contributed by atoms with Gasteiger partial charge in [0, 0.05) is 18.1 Å². The molecule has 144 valence electrons. The third kappa shape index (κ3) is 5.47. The summed E-state index contributed by atoms with van der Waals surface area (Å²) in [5.41, 5.74) is 3.35. The molecule has 1 aliphatic rings. The highest BCUT2D eigenvalue weighted by Gasteiger charge is 2.17. The molecule has 2 aromatic rings. The van der Waals surface area contributed by atoms with Gasteiger partial charge in [0.25, 0.3) is 5.91 Å². The van der Waals surface area contributed by atoms with E-state index in [1.165, 1.54) is 18.4 Å². The Bertz CT molecular complexity index is 788. The lowest BCUT2D eigenvalue weighted by atomic mass is 10.1. The summed E-state index contributed by atoms with van der Waals surface area (Å²) >= 11 is 5.97. The summed E-state index contributed by atoms with van der Waals surface area (Å²) in [6.07, 6.45) is 1.98. The fraction of sp³-hybridized carbons (Fsp3) is 0.409. The number of likely N-dealkylation sites (tertiary alicyclic amines) is 1. The van der Waals surface area contributed by atoms with E-state index in [2.05, 4.69) is 28.4 Å². The average molecular weight is 387 g/mol. The predicted molar refractivity (Wildman–Crippen MR) is 109 cm³/mol. The Morgan fingerprint density at radius 2 is 1.89 bits per heavy atom. The Hall–Kier alpha value is -2.04. The number of ether oxygens (including phenoxy) is 1. The van der Waals surface area contributed by atoms with Gasteiger partial charge in [-0.2, -0.15) is 0 Å². The van der Waals surface area contributed by atoms with Gasteiger partial charge in [-0.1, -0.05) is 35.9 Å². The molecule has 1 heterocycles. The monoisotopic (exact) mass is 386 g/mol. The number of nitrogens with zero attached hydrogens (tertiary/aromatic N) is 1. The van der Waals surface area contributed by atoms with Gasteiger partial charge >= 0.3 is 0 Å². The van der Waals surface area contributed by atoms with E-state index in [1.54, 1.807) is 19.1 Å². The van der Waals surface area contributed by atoms with E-state index in [1.807, 2.05) is 19.1 Å². The van der Waals surface area contributed by atoms with E-state index >= 15 is 0 Å². The summed E-state index contributed by atoms with van der Waals surface area (Å²) in [6.45, 7) is 7.45. The highest BCUT2D eigenvalue weighted by atomic mass is 35.5. The maximum absolute atomic E-state index is 12.5. The third-order valence-electron chi connectivity index (χ3n) is 4.97. The van der Waals surface area contributed by atoms with Crippen LogP contribution >= 0.6 is 11.6 Å². The molecule has 1 N–H and O–H groups in total. The topological polar surface area (TPSA) is 41.6 Å². The van der Waals surface area contributed by atoms with Crippen molar-refractivity contribution in [2.75, 3.05) is 13.1 Å². The number of nitrogens with one attached hydrogen (secondary N) is 1. The van der Waals surface area contributed by atoms with Crippen molar-refractivity contribution in [3.63, 3.8) is 0 Å².